The first kappa shape index (κ1) is 29.8. The molecule has 0 aliphatic rings. The van der Waals surface area contributed by atoms with Gasteiger partial charge in [0.2, 0.25) is 11.8 Å². The average Bonchev–Trinajstić information content (AvgIpc) is 2.88. The van der Waals surface area contributed by atoms with Crippen LogP contribution in [0, 0.1) is 0 Å². The predicted molar refractivity (Wildman–Crippen MR) is 152 cm³/mol. The Morgan fingerprint density at radius 1 is 0.868 bits per heavy atom. The van der Waals surface area contributed by atoms with Gasteiger partial charge in [0, 0.05) is 28.2 Å². The Hall–Kier alpha value is -2.78. The summed E-state index contributed by atoms with van der Waals surface area (Å²) in [6.07, 6.45) is 0.319. The Morgan fingerprint density at radius 3 is 2.03 bits per heavy atom. The summed E-state index contributed by atoms with van der Waals surface area (Å²) < 4.78 is 28.5. The largest absolute Gasteiger partial charge is 0.355 e. The number of anilines is 1. The van der Waals surface area contributed by atoms with Gasteiger partial charge in [0.15, 0.2) is 0 Å². The van der Waals surface area contributed by atoms with Gasteiger partial charge in [0.25, 0.3) is 10.0 Å². The summed E-state index contributed by atoms with van der Waals surface area (Å²) in [5, 5.41) is 3.71. The minimum atomic E-state index is -4.21. The number of nitrogens with one attached hydrogen (secondary N) is 1. The van der Waals surface area contributed by atoms with E-state index in [9.17, 15) is 18.0 Å². The van der Waals surface area contributed by atoms with E-state index in [0.29, 0.717) is 18.0 Å². The van der Waals surface area contributed by atoms with Crippen molar-refractivity contribution in [3.8, 4) is 0 Å². The monoisotopic (exact) mass is 595 g/mol. The van der Waals surface area contributed by atoms with Crippen molar-refractivity contribution < 1.29 is 18.0 Å². The molecule has 1 N–H and O–H groups in total. The molecular weight excluding hydrogens is 569 g/mol. The molecule has 0 spiro atoms. The summed E-state index contributed by atoms with van der Waals surface area (Å²) in [5.74, 6) is -0.908. The predicted octanol–water partition coefficient (Wildman–Crippen LogP) is 5.79. The van der Waals surface area contributed by atoms with E-state index < -0.39 is 28.5 Å². The number of carbonyl (C=O) groups is 2. The first-order chi connectivity index (χ1) is 18.1. The van der Waals surface area contributed by atoms with Gasteiger partial charge >= 0.3 is 0 Å². The molecule has 0 fully saturated rings. The average molecular weight is 597 g/mol. The van der Waals surface area contributed by atoms with E-state index in [-0.39, 0.29) is 33.1 Å². The summed E-state index contributed by atoms with van der Waals surface area (Å²) in [7, 11) is -4.21. The van der Waals surface area contributed by atoms with Gasteiger partial charge in [-0.2, -0.15) is 0 Å². The minimum absolute atomic E-state index is 0.0103. The summed E-state index contributed by atoms with van der Waals surface area (Å²) in [5.41, 5.74) is 0.853. The van der Waals surface area contributed by atoms with Gasteiger partial charge in [-0.15, -0.1) is 0 Å². The summed E-state index contributed by atoms with van der Waals surface area (Å²) in [6, 6.07) is 18.1. The van der Waals surface area contributed by atoms with E-state index in [4.69, 9.17) is 34.8 Å². The second kappa shape index (κ2) is 13.3. The number of nitrogens with zero attached hydrogens (tertiary/aromatic N) is 2. The Balaban J connectivity index is 2.07. The number of halogens is 3. The standard InChI is InChI=1S/C27H28Cl3N3O4S/c1-3-25(27(35)31-4-2)32(17-19-10-12-20(28)13-11-19)26(34)18-33(23-15-21(29)14-22(30)16-23)38(36,37)24-8-6-5-7-9-24/h5-16,25H,3-4,17-18H2,1-2H3,(H,31,35)/t25-/m1/s1. The van der Waals surface area contributed by atoms with Crippen molar-refractivity contribution in [3.05, 3.63) is 93.4 Å². The van der Waals surface area contributed by atoms with Crippen molar-refractivity contribution in [1.29, 1.82) is 0 Å². The van der Waals surface area contributed by atoms with Gasteiger partial charge in [-0.3, -0.25) is 13.9 Å². The van der Waals surface area contributed by atoms with Crippen LogP contribution in [0.5, 0.6) is 0 Å². The van der Waals surface area contributed by atoms with E-state index >= 15 is 0 Å². The first-order valence-electron chi connectivity index (χ1n) is 11.9. The number of hydrogen-bond donors (Lipinski definition) is 1. The van der Waals surface area contributed by atoms with Crippen LogP contribution < -0.4 is 9.62 Å². The van der Waals surface area contributed by atoms with Crippen LogP contribution in [-0.4, -0.2) is 44.3 Å². The number of sulfonamides is 1. The molecule has 3 rings (SSSR count). The highest BCUT2D eigenvalue weighted by Crippen LogP contribution is 2.30. The Kier molecular flexibility index (Phi) is 10.4. The summed E-state index contributed by atoms with van der Waals surface area (Å²) >= 11 is 18.4. The van der Waals surface area contributed by atoms with Crippen LogP contribution in [0.2, 0.25) is 15.1 Å². The molecule has 0 heterocycles. The van der Waals surface area contributed by atoms with Gasteiger partial charge in [-0.25, -0.2) is 8.42 Å². The van der Waals surface area contributed by atoms with Gasteiger partial charge in [-0.05, 0) is 61.4 Å². The van der Waals surface area contributed by atoms with Crippen LogP contribution in [0.25, 0.3) is 0 Å². The fourth-order valence-electron chi connectivity index (χ4n) is 3.93. The summed E-state index contributed by atoms with van der Waals surface area (Å²) in [4.78, 5) is 28.2. The lowest BCUT2D eigenvalue weighted by Crippen LogP contribution is -2.52. The van der Waals surface area contributed by atoms with Crippen molar-refractivity contribution in [2.24, 2.45) is 0 Å². The molecule has 3 aromatic carbocycles. The highest BCUT2D eigenvalue weighted by atomic mass is 35.5. The summed E-state index contributed by atoms with van der Waals surface area (Å²) in [6.45, 7) is 3.44. The van der Waals surface area contributed by atoms with Crippen molar-refractivity contribution in [3.63, 3.8) is 0 Å². The van der Waals surface area contributed by atoms with Crippen molar-refractivity contribution in [1.82, 2.24) is 10.2 Å². The maximum absolute atomic E-state index is 13.9. The molecule has 7 nitrogen and oxygen atoms in total. The minimum Gasteiger partial charge on any atom is -0.355 e. The van der Waals surface area contributed by atoms with Crippen LogP contribution in [0.15, 0.2) is 77.7 Å². The van der Waals surface area contributed by atoms with Crippen LogP contribution in [0.1, 0.15) is 25.8 Å². The molecule has 2 amide bonds. The zero-order valence-electron chi connectivity index (χ0n) is 20.9. The van der Waals surface area contributed by atoms with E-state index in [1.54, 1.807) is 56.3 Å². The van der Waals surface area contributed by atoms with Crippen molar-refractivity contribution in [2.75, 3.05) is 17.4 Å². The van der Waals surface area contributed by atoms with E-state index in [1.165, 1.54) is 35.2 Å². The van der Waals surface area contributed by atoms with E-state index in [0.717, 1.165) is 9.87 Å². The highest BCUT2D eigenvalue weighted by molar-refractivity contribution is 7.92. The van der Waals surface area contributed by atoms with Gasteiger partial charge in [0.05, 0.1) is 10.6 Å². The maximum Gasteiger partial charge on any atom is 0.264 e. The van der Waals surface area contributed by atoms with Gasteiger partial charge < -0.3 is 10.2 Å². The zero-order valence-corrected chi connectivity index (χ0v) is 24.0. The quantitative estimate of drug-likeness (QED) is 0.304. The van der Waals surface area contributed by atoms with Crippen molar-refractivity contribution >= 4 is 62.3 Å². The lowest BCUT2D eigenvalue weighted by atomic mass is 10.1. The number of rotatable bonds is 11. The Bertz CT molecular complexity index is 1350. The molecule has 3 aromatic rings. The van der Waals surface area contributed by atoms with E-state index in [1.807, 2.05) is 0 Å². The zero-order chi connectivity index (χ0) is 27.9. The number of hydrogen-bond acceptors (Lipinski definition) is 4. The third-order valence-corrected chi connectivity index (χ3v) is 8.22. The molecule has 0 aliphatic carbocycles. The molecule has 38 heavy (non-hydrogen) atoms. The SMILES string of the molecule is CCNC(=O)[C@@H](CC)N(Cc1ccc(Cl)cc1)C(=O)CN(c1cc(Cl)cc(Cl)c1)S(=O)(=O)c1ccccc1. The number of amides is 2. The van der Waals surface area contributed by atoms with Crippen LogP contribution in [0.3, 0.4) is 0 Å². The fraction of sp³-hybridized carbons (Fsp3) is 0.259. The molecule has 0 bridgehead atoms. The topological polar surface area (TPSA) is 86.8 Å². The first-order valence-corrected chi connectivity index (χ1v) is 14.5. The molecule has 0 unspecified atom stereocenters. The molecule has 0 saturated carbocycles. The molecule has 0 aromatic heterocycles. The van der Waals surface area contributed by atoms with Crippen LogP contribution in [-0.2, 0) is 26.2 Å². The maximum atomic E-state index is 13.9. The fourth-order valence-corrected chi connectivity index (χ4v) is 5.99. The normalized spacial score (nSPS) is 12.0. The van der Waals surface area contributed by atoms with Crippen molar-refractivity contribution in [2.45, 2.75) is 37.8 Å². The third kappa shape index (κ3) is 7.41. The van der Waals surface area contributed by atoms with Crippen LogP contribution in [0.4, 0.5) is 5.69 Å². The number of carbonyl (C=O) groups excluding carboxylic acids is 2. The molecule has 0 saturated heterocycles. The second-order valence-electron chi connectivity index (χ2n) is 8.42. The Morgan fingerprint density at radius 2 is 1.47 bits per heavy atom. The number of likely N-dealkylation sites (N-methyl/N-ethyl adjacent to an activating group) is 1. The molecule has 0 aliphatic heterocycles. The smallest absolute Gasteiger partial charge is 0.264 e. The number of benzene rings is 3. The molecule has 11 heteroatoms. The van der Waals surface area contributed by atoms with E-state index in [2.05, 4.69) is 5.32 Å². The lowest BCUT2D eigenvalue weighted by Gasteiger charge is -2.33. The Labute approximate surface area is 238 Å². The van der Waals surface area contributed by atoms with Gasteiger partial charge in [-0.1, -0.05) is 72.1 Å². The molecule has 202 valence electrons. The second-order valence-corrected chi connectivity index (χ2v) is 11.6. The lowest BCUT2D eigenvalue weighted by molar-refractivity contribution is -0.140. The van der Waals surface area contributed by atoms with Gasteiger partial charge in [0.1, 0.15) is 12.6 Å². The van der Waals surface area contributed by atoms with Crippen LogP contribution >= 0.6 is 34.8 Å². The molecule has 0 radical (unpaired) electrons. The third-order valence-electron chi connectivity index (χ3n) is 5.75. The highest BCUT2D eigenvalue weighted by Gasteiger charge is 2.33. The molecular formula is C27H28Cl3N3O4S. The molecule has 1 atom stereocenters.